The summed E-state index contributed by atoms with van der Waals surface area (Å²) in [5.74, 6) is 3.16. The van der Waals surface area contributed by atoms with E-state index in [9.17, 15) is 0 Å². The summed E-state index contributed by atoms with van der Waals surface area (Å²) in [4.78, 5) is 11.3. The lowest BCUT2D eigenvalue weighted by atomic mass is 9.93. The summed E-state index contributed by atoms with van der Waals surface area (Å²) in [5.41, 5.74) is 0. The number of hydrogen-bond acceptors (Lipinski definition) is 4. The molecule has 1 fully saturated rings. The number of aromatic nitrogens is 2. The quantitative estimate of drug-likeness (QED) is 0.451. The molecular weight excluding hydrogens is 354 g/mol. The molecule has 0 bridgehead atoms. The van der Waals surface area contributed by atoms with E-state index in [0.717, 1.165) is 43.5 Å². The van der Waals surface area contributed by atoms with Gasteiger partial charge in [0.15, 0.2) is 5.96 Å². The highest BCUT2D eigenvalue weighted by Gasteiger charge is 2.28. The summed E-state index contributed by atoms with van der Waals surface area (Å²) in [6.07, 6.45) is 6.95. The number of likely N-dealkylation sites (tertiary alicyclic amines) is 1. The second-order valence-electron chi connectivity index (χ2n) is 7.05. The van der Waals surface area contributed by atoms with Gasteiger partial charge in [-0.2, -0.15) is 0 Å². The van der Waals surface area contributed by atoms with Crippen LogP contribution in [-0.4, -0.2) is 60.3 Å². The van der Waals surface area contributed by atoms with E-state index >= 15 is 0 Å². The fraction of sp³-hybridized carbons (Fsp3) is 0.524. The Morgan fingerprint density at radius 2 is 2.21 bits per heavy atom. The lowest BCUT2D eigenvalue weighted by molar-refractivity contribution is 0.188. The van der Waals surface area contributed by atoms with E-state index in [4.69, 9.17) is 14.5 Å². The van der Waals surface area contributed by atoms with Crippen LogP contribution >= 0.6 is 0 Å². The van der Waals surface area contributed by atoms with Gasteiger partial charge in [-0.3, -0.25) is 0 Å². The summed E-state index contributed by atoms with van der Waals surface area (Å²) in [5, 5.41) is 3.43. The van der Waals surface area contributed by atoms with Crippen molar-refractivity contribution in [3.05, 3.63) is 43.0 Å². The number of nitrogens with zero attached hydrogens (tertiary/aromatic N) is 4. The molecule has 2 atom stereocenters. The second-order valence-corrected chi connectivity index (χ2v) is 7.05. The Balaban J connectivity index is 1.58. The van der Waals surface area contributed by atoms with Crippen molar-refractivity contribution in [3.63, 3.8) is 0 Å². The minimum atomic E-state index is 0.410. The molecular formula is C21H31N5O2. The zero-order valence-corrected chi connectivity index (χ0v) is 17.0. The maximum atomic E-state index is 5.82. The minimum absolute atomic E-state index is 0.410. The van der Waals surface area contributed by atoms with Crippen LogP contribution < -0.4 is 14.8 Å². The molecule has 2 aromatic rings. The number of benzene rings is 1. The molecule has 0 radical (unpaired) electrons. The number of hydrogen-bond donors (Lipinski definition) is 1. The molecule has 2 heterocycles. The number of ether oxygens (including phenoxy) is 2. The van der Waals surface area contributed by atoms with Gasteiger partial charge < -0.3 is 24.3 Å². The summed E-state index contributed by atoms with van der Waals surface area (Å²) in [6, 6.07) is 8.05. The number of nitrogens with one attached hydrogen (secondary N) is 1. The first-order valence-corrected chi connectivity index (χ1v) is 9.98. The molecule has 0 aliphatic carbocycles. The molecule has 0 saturated carbocycles. The van der Waals surface area contributed by atoms with E-state index in [1.54, 1.807) is 7.11 Å². The predicted octanol–water partition coefficient (Wildman–Crippen LogP) is 2.82. The summed E-state index contributed by atoms with van der Waals surface area (Å²) in [7, 11) is 1.66. The Morgan fingerprint density at radius 3 is 2.96 bits per heavy atom. The van der Waals surface area contributed by atoms with Crippen LogP contribution in [0.3, 0.4) is 0 Å². The van der Waals surface area contributed by atoms with Crippen LogP contribution in [0.5, 0.6) is 11.5 Å². The van der Waals surface area contributed by atoms with Crippen molar-refractivity contribution in [1.29, 1.82) is 0 Å². The van der Waals surface area contributed by atoms with Crippen molar-refractivity contribution in [2.45, 2.75) is 26.3 Å². The van der Waals surface area contributed by atoms with Crippen LogP contribution in [0, 0.1) is 5.92 Å². The molecule has 1 N–H and O–H groups in total. The molecule has 1 aliphatic heterocycles. The van der Waals surface area contributed by atoms with E-state index in [-0.39, 0.29) is 0 Å². The fourth-order valence-electron chi connectivity index (χ4n) is 3.53. The molecule has 152 valence electrons. The van der Waals surface area contributed by atoms with Crippen LogP contribution in [-0.2, 0) is 0 Å². The smallest absolute Gasteiger partial charge is 0.194 e. The van der Waals surface area contributed by atoms with Crippen LogP contribution in [0.25, 0.3) is 0 Å². The topological polar surface area (TPSA) is 63.9 Å². The van der Waals surface area contributed by atoms with Gasteiger partial charge in [0.25, 0.3) is 0 Å². The first-order valence-electron chi connectivity index (χ1n) is 9.98. The number of imidazole rings is 1. The summed E-state index contributed by atoms with van der Waals surface area (Å²) >= 11 is 0. The molecule has 1 aliphatic rings. The number of methoxy groups -OCH3 is 1. The summed E-state index contributed by atoms with van der Waals surface area (Å²) < 4.78 is 13.3. The Morgan fingerprint density at radius 1 is 1.36 bits per heavy atom. The molecule has 1 aromatic heterocycles. The number of aliphatic imine (C=N–C) groups is 1. The van der Waals surface area contributed by atoms with Gasteiger partial charge >= 0.3 is 0 Å². The number of guanidine groups is 1. The lowest BCUT2D eigenvalue weighted by Crippen LogP contribution is -2.49. The van der Waals surface area contributed by atoms with Crippen molar-refractivity contribution < 1.29 is 9.47 Å². The first-order chi connectivity index (χ1) is 13.7. The minimum Gasteiger partial charge on any atom is -0.497 e. The molecule has 0 amide bonds. The van der Waals surface area contributed by atoms with Crippen molar-refractivity contribution in [1.82, 2.24) is 19.8 Å². The summed E-state index contributed by atoms with van der Waals surface area (Å²) in [6.45, 7) is 8.32. The van der Waals surface area contributed by atoms with Gasteiger partial charge in [-0.25, -0.2) is 9.98 Å². The fourth-order valence-corrected chi connectivity index (χ4v) is 3.53. The Bertz CT molecular complexity index is 747. The molecule has 3 rings (SSSR count). The Kier molecular flexibility index (Phi) is 7.17. The average molecular weight is 386 g/mol. The van der Waals surface area contributed by atoms with E-state index in [1.165, 1.54) is 0 Å². The molecule has 1 aromatic carbocycles. The maximum absolute atomic E-state index is 5.82. The van der Waals surface area contributed by atoms with Crippen molar-refractivity contribution in [3.8, 4) is 11.5 Å². The molecule has 28 heavy (non-hydrogen) atoms. The number of rotatable bonds is 7. The van der Waals surface area contributed by atoms with Gasteiger partial charge in [0.05, 0.1) is 26.0 Å². The van der Waals surface area contributed by atoms with Gasteiger partial charge in [-0.15, -0.1) is 0 Å². The highest BCUT2D eigenvalue weighted by atomic mass is 16.5. The average Bonchev–Trinajstić information content (AvgIpc) is 3.25. The maximum Gasteiger partial charge on any atom is 0.194 e. The van der Waals surface area contributed by atoms with Crippen LogP contribution in [0.2, 0.25) is 0 Å². The van der Waals surface area contributed by atoms with Crippen molar-refractivity contribution in [2.24, 2.45) is 10.9 Å². The van der Waals surface area contributed by atoms with Crippen LogP contribution in [0.4, 0.5) is 0 Å². The monoisotopic (exact) mass is 385 g/mol. The van der Waals surface area contributed by atoms with Gasteiger partial charge in [-0.1, -0.05) is 13.0 Å². The standard InChI is InChI=1S/C21H31N5O2/c1-4-23-21(24-10-13-28-19-7-5-6-18(14-19)27-3)25-11-8-17(2)20(15-25)26-12-9-22-16-26/h5-7,9,12,14,16-17,20H,4,8,10-11,13,15H2,1-3H3,(H,23,24). The number of piperidine rings is 1. The van der Waals surface area contributed by atoms with Gasteiger partial charge in [0.1, 0.15) is 18.1 Å². The molecule has 0 spiro atoms. The zero-order chi connectivity index (χ0) is 19.8. The third-order valence-electron chi connectivity index (χ3n) is 5.12. The van der Waals surface area contributed by atoms with E-state index in [1.807, 2.05) is 36.8 Å². The third kappa shape index (κ3) is 5.18. The molecule has 2 unspecified atom stereocenters. The van der Waals surface area contributed by atoms with Gasteiger partial charge in [-0.05, 0) is 31.4 Å². The van der Waals surface area contributed by atoms with Crippen molar-refractivity contribution in [2.75, 3.05) is 39.9 Å². The van der Waals surface area contributed by atoms with Gasteiger partial charge in [0, 0.05) is 38.1 Å². The predicted molar refractivity (Wildman–Crippen MR) is 111 cm³/mol. The highest BCUT2D eigenvalue weighted by Crippen LogP contribution is 2.27. The van der Waals surface area contributed by atoms with E-state index in [0.29, 0.717) is 25.1 Å². The molecule has 7 nitrogen and oxygen atoms in total. The van der Waals surface area contributed by atoms with E-state index in [2.05, 4.69) is 39.8 Å². The zero-order valence-electron chi connectivity index (χ0n) is 17.0. The van der Waals surface area contributed by atoms with Crippen LogP contribution in [0.1, 0.15) is 26.3 Å². The first kappa shape index (κ1) is 20.0. The van der Waals surface area contributed by atoms with E-state index < -0.39 is 0 Å². The highest BCUT2D eigenvalue weighted by molar-refractivity contribution is 5.80. The molecule has 7 heteroatoms. The van der Waals surface area contributed by atoms with Crippen molar-refractivity contribution >= 4 is 5.96 Å². The second kappa shape index (κ2) is 10.0. The normalized spacial score (nSPS) is 20.1. The third-order valence-corrected chi connectivity index (χ3v) is 5.12. The SMILES string of the molecule is CCNC(=NCCOc1cccc(OC)c1)N1CCC(C)C(n2ccnc2)C1. The lowest BCUT2D eigenvalue weighted by Gasteiger charge is -2.39. The van der Waals surface area contributed by atoms with Gasteiger partial charge in [0.2, 0.25) is 0 Å². The Hall–Kier alpha value is -2.70. The van der Waals surface area contributed by atoms with Crippen LogP contribution in [0.15, 0.2) is 48.0 Å². The Labute approximate surface area is 167 Å². The largest absolute Gasteiger partial charge is 0.497 e. The molecule has 1 saturated heterocycles.